The fourth-order valence-corrected chi connectivity index (χ4v) is 2.62. The zero-order valence-electron chi connectivity index (χ0n) is 16.6. The Morgan fingerprint density at radius 3 is 1.39 bits per heavy atom. The van der Waals surface area contributed by atoms with Gasteiger partial charge in [-0.05, 0) is 47.5 Å². The summed E-state index contributed by atoms with van der Waals surface area (Å²) in [5.74, 6) is 1.43. The van der Waals surface area contributed by atoms with Gasteiger partial charge in [-0.1, -0.05) is 48.7 Å². The highest BCUT2D eigenvalue weighted by atomic mass is 32.1. The fourth-order valence-electron chi connectivity index (χ4n) is 2.41. The number of nitriles is 2. The number of nitrogens with zero attached hydrogens (tertiary/aromatic N) is 2. The van der Waals surface area contributed by atoms with Gasteiger partial charge in [0.2, 0.25) is 0 Å². The van der Waals surface area contributed by atoms with Gasteiger partial charge in [0.25, 0.3) is 0 Å². The molecule has 156 valence electrons. The van der Waals surface area contributed by atoms with E-state index in [0.29, 0.717) is 31.1 Å². The van der Waals surface area contributed by atoms with Crippen LogP contribution in [0.4, 0.5) is 0 Å². The van der Waals surface area contributed by atoms with Gasteiger partial charge >= 0.3 is 0 Å². The average molecular weight is 449 g/mol. The molecule has 6 nitrogen and oxygen atoms in total. The molecule has 0 aromatic heterocycles. The molecule has 2 rings (SSSR count). The topological polar surface area (TPSA) is 118 Å². The first-order chi connectivity index (χ1) is 14.9. The molecular weight excluding hydrogens is 428 g/mol. The van der Waals surface area contributed by atoms with Crippen LogP contribution in [0.1, 0.15) is 17.5 Å². The highest BCUT2D eigenvalue weighted by molar-refractivity contribution is 7.81. The minimum Gasteiger partial charge on any atom is -0.493 e. The number of benzene rings is 2. The van der Waals surface area contributed by atoms with Crippen molar-refractivity contribution in [1.82, 2.24) is 0 Å². The summed E-state index contributed by atoms with van der Waals surface area (Å²) in [7, 11) is 0. The minimum absolute atomic E-state index is 0.0699. The lowest BCUT2D eigenvalue weighted by atomic mass is 10.1. The molecule has 0 radical (unpaired) electrons. The van der Waals surface area contributed by atoms with Crippen molar-refractivity contribution in [2.75, 3.05) is 13.2 Å². The van der Waals surface area contributed by atoms with Crippen LogP contribution in [0.2, 0.25) is 0 Å². The van der Waals surface area contributed by atoms with E-state index in [-0.39, 0.29) is 21.1 Å². The van der Waals surface area contributed by atoms with Crippen LogP contribution in [-0.4, -0.2) is 23.2 Å². The second kappa shape index (κ2) is 12.1. The van der Waals surface area contributed by atoms with Gasteiger partial charge in [-0.25, -0.2) is 0 Å². The van der Waals surface area contributed by atoms with E-state index < -0.39 is 0 Å². The Bertz CT molecular complexity index is 989. The Balaban J connectivity index is 1.77. The normalized spacial score (nSPS) is 11.2. The van der Waals surface area contributed by atoms with Crippen molar-refractivity contribution in [3.8, 4) is 23.6 Å². The van der Waals surface area contributed by atoms with E-state index in [1.165, 1.54) is 0 Å². The van der Waals surface area contributed by atoms with E-state index in [9.17, 15) is 0 Å². The number of nitrogens with two attached hydrogens (primary N) is 2. The van der Waals surface area contributed by atoms with Crippen LogP contribution in [0.5, 0.6) is 11.5 Å². The summed E-state index contributed by atoms with van der Waals surface area (Å²) in [4.78, 5) is 0.140. The third kappa shape index (κ3) is 7.90. The van der Waals surface area contributed by atoms with E-state index in [1.807, 2.05) is 60.7 Å². The Morgan fingerprint density at radius 2 is 1.10 bits per heavy atom. The van der Waals surface area contributed by atoms with E-state index in [1.54, 1.807) is 12.2 Å². The second-order valence-corrected chi connectivity index (χ2v) is 7.14. The average Bonchev–Trinajstić information content (AvgIpc) is 2.77. The first-order valence-corrected chi connectivity index (χ1v) is 10.0. The zero-order valence-corrected chi connectivity index (χ0v) is 18.2. The van der Waals surface area contributed by atoms with E-state index in [2.05, 4.69) is 0 Å². The van der Waals surface area contributed by atoms with Crippen molar-refractivity contribution in [2.24, 2.45) is 11.5 Å². The Kier molecular flexibility index (Phi) is 9.18. The molecule has 0 atom stereocenters. The maximum atomic E-state index is 8.99. The number of thiocarbonyl (C=S) groups is 2. The van der Waals surface area contributed by atoms with Gasteiger partial charge in [-0.2, -0.15) is 10.5 Å². The molecule has 8 heteroatoms. The summed E-state index contributed by atoms with van der Waals surface area (Å²) in [5.41, 5.74) is 13.1. The number of hydrogen-bond acceptors (Lipinski definition) is 6. The SMILES string of the molecule is N#C/C(=C/c1ccc(OCCCOc2ccc(/C=C(/C#N)C(N)=S)cc2)cc1)C(N)=S. The molecule has 0 bridgehead atoms. The quantitative estimate of drug-likeness (QED) is 0.243. The molecule has 0 saturated carbocycles. The van der Waals surface area contributed by atoms with Gasteiger partial charge in [-0.15, -0.1) is 0 Å². The number of ether oxygens (including phenoxy) is 2. The third-order valence-corrected chi connectivity index (χ3v) is 4.42. The van der Waals surface area contributed by atoms with Crippen molar-refractivity contribution in [1.29, 1.82) is 10.5 Å². The molecule has 0 unspecified atom stereocenters. The smallest absolute Gasteiger partial charge is 0.119 e. The van der Waals surface area contributed by atoms with E-state index in [0.717, 1.165) is 11.1 Å². The third-order valence-electron chi connectivity index (χ3n) is 3.98. The highest BCUT2D eigenvalue weighted by Gasteiger charge is 2.02. The maximum Gasteiger partial charge on any atom is 0.119 e. The lowest BCUT2D eigenvalue weighted by Crippen LogP contribution is -2.09. The molecular formula is C23H20N4O2S2. The molecule has 0 aliphatic rings. The fraction of sp³-hybridized carbons (Fsp3) is 0.130. The molecule has 2 aromatic rings. The molecule has 0 saturated heterocycles. The molecule has 2 aromatic carbocycles. The van der Waals surface area contributed by atoms with Crippen molar-refractivity contribution in [2.45, 2.75) is 6.42 Å². The van der Waals surface area contributed by atoms with Crippen LogP contribution in [0.25, 0.3) is 12.2 Å². The monoisotopic (exact) mass is 448 g/mol. The van der Waals surface area contributed by atoms with Crippen LogP contribution in [-0.2, 0) is 0 Å². The summed E-state index contributed by atoms with van der Waals surface area (Å²) < 4.78 is 11.4. The number of rotatable bonds is 10. The molecule has 0 aliphatic carbocycles. The largest absolute Gasteiger partial charge is 0.493 e. The Hall–Kier alpha value is -3.72. The van der Waals surface area contributed by atoms with Gasteiger partial charge in [0.15, 0.2) is 0 Å². The summed E-state index contributed by atoms with van der Waals surface area (Å²) in [5, 5.41) is 18.0. The summed E-state index contributed by atoms with van der Waals surface area (Å²) in [6, 6.07) is 18.5. The van der Waals surface area contributed by atoms with Crippen LogP contribution in [0.3, 0.4) is 0 Å². The van der Waals surface area contributed by atoms with Crippen LogP contribution in [0.15, 0.2) is 59.7 Å². The van der Waals surface area contributed by atoms with Crippen molar-refractivity contribution in [3.05, 3.63) is 70.8 Å². The summed E-state index contributed by atoms with van der Waals surface area (Å²) in [6.07, 6.45) is 3.96. The van der Waals surface area contributed by atoms with E-state index in [4.69, 9.17) is 55.9 Å². The van der Waals surface area contributed by atoms with Gasteiger partial charge in [-0.3, -0.25) is 0 Å². The Morgan fingerprint density at radius 1 is 0.742 bits per heavy atom. The second-order valence-electron chi connectivity index (χ2n) is 6.26. The van der Waals surface area contributed by atoms with E-state index >= 15 is 0 Å². The van der Waals surface area contributed by atoms with Gasteiger partial charge in [0.05, 0.1) is 24.4 Å². The van der Waals surface area contributed by atoms with Gasteiger partial charge < -0.3 is 20.9 Å². The number of hydrogen-bond donors (Lipinski definition) is 2. The lowest BCUT2D eigenvalue weighted by molar-refractivity contribution is 0.247. The predicted octanol–water partition coefficient (Wildman–Crippen LogP) is 3.92. The standard InChI is InChI=1S/C23H20N4O2S2/c24-14-18(22(26)30)12-16-2-6-20(7-3-16)28-10-1-11-29-21-8-4-17(5-9-21)13-19(15-25)23(27)31/h2-9,12-13H,1,10-11H2,(H2,26,30)(H2,27,31)/b18-12-,19-13-. The molecule has 0 fully saturated rings. The molecule has 31 heavy (non-hydrogen) atoms. The van der Waals surface area contributed by atoms with Crippen LogP contribution >= 0.6 is 24.4 Å². The molecule has 0 heterocycles. The maximum absolute atomic E-state index is 8.99. The van der Waals surface area contributed by atoms with Crippen LogP contribution in [0, 0.1) is 22.7 Å². The molecule has 0 spiro atoms. The predicted molar refractivity (Wildman–Crippen MR) is 129 cm³/mol. The Labute approximate surface area is 192 Å². The van der Waals surface area contributed by atoms with Gasteiger partial charge in [0.1, 0.15) is 33.6 Å². The first kappa shape index (κ1) is 23.6. The lowest BCUT2D eigenvalue weighted by Gasteiger charge is -2.08. The zero-order chi connectivity index (χ0) is 22.6. The first-order valence-electron chi connectivity index (χ1n) is 9.22. The van der Waals surface area contributed by atoms with Crippen molar-refractivity contribution in [3.63, 3.8) is 0 Å². The van der Waals surface area contributed by atoms with Crippen molar-refractivity contribution >= 4 is 46.6 Å². The summed E-state index contributed by atoms with van der Waals surface area (Å²) in [6.45, 7) is 0.984. The molecule has 0 amide bonds. The van der Waals surface area contributed by atoms with Crippen LogP contribution < -0.4 is 20.9 Å². The van der Waals surface area contributed by atoms with Gasteiger partial charge in [0, 0.05) is 6.42 Å². The molecule has 0 aliphatic heterocycles. The molecule has 4 N–H and O–H groups in total. The minimum atomic E-state index is 0.0699. The van der Waals surface area contributed by atoms with Crippen molar-refractivity contribution < 1.29 is 9.47 Å². The summed E-state index contributed by atoms with van der Waals surface area (Å²) >= 11 is 9.65. The highest BCUT2D eigenvalue weighted by Crippen LogP contribution is 2.16.